The van der Waals surface area contributed by atoms with E-state index in [1.165, 1.54) is 6.21 Å². The van der Waals surface area contributed by atoms with Gasteiger partial charge in [-0.1, -0.05) is 18.2 Å². The van der Waals surface area contributed by atoms with Crippen LogP contribution in [0.15, 0.2) is 34.4 Å². The Balaban J connectivity index is 2.02. The molecule has 1 aliphatic heterocycles. The topological polar surface area (TPSA) is 86.1 Å². The second kappa shape index (κ2) is 6.53. The number of nitrogens with one attached hydrogen (secondary N) is 2. The first-order chi connectivity index (χ1) is 9.27. The Labute approximate surface area is 111 Å². The highest BCUT2D eigenvalue weighted by atomic mass is 16.4. The second-order valence-corrected chi connectivity index (χ2v) is 4.13. The first kappa shape index (κ1) is 13.1. The molecule has 0 fully saturated rings. The van der Waals surface area contributed by atoms with Crippen molar-refractivity contribution in [3.05, 3.63) is 35.4 Å². The fraction of sp³-hybridized carbons (Fsp3) is 0.308. The van der Waals surface area contributed by atoms with Crippen LogP contribution in [0.1, 0.15) is 28.8 Å². The molecule has 0 unspecified atom stereocenters. The molecule has 0 saturated carbocycles. The molecule has 1 aromatic rings. The lowest BCUT2D eigenvalue weighted by Crippen LogP contribution is -2.33. The lowest BCUT2D eigenvalue weighted by molar-refractivity contribution is 0.0697. The molecule has 2 rings (SSSR count). The summed E-state index contributed by atoms with van der Waals surface area (Å²) in [6.07, 6.45) is 3.63. The van der Waals surface area contributed by atoms with Crippen molar-refractivity contribution < 1.29 is 9.90 Å². The standard InChI is InChI=1S/C13H16N4O2/c18-12(19)11-6-2-1-5-10(11)9-16-17-13-14-7-3-4-8-15-13/h1-2,5-6,9H,3-4,7-8H2,(H,18,19)(H2,14,15,17)/b16-9+. The van der Waals surface area contributed by atoms with Crippen molar-refractivity contribution in [2.75, 3.05) is 13.1 Å². The van der Waals surface area contributed by atoms with Crippen molar-refractivity contribution >= 4 is 18.1 Å². The van der Waals surface area contributed by atoms with Crippen molar-refractivity contribution in [3.8, 4) is 0 Å². The SMILES string of the molecule is O=C(O)c1ccccc1/C=N/NC1=NCCCCN1. The smallest absolute Gasteiger partial charge is 0.336 e. The van der Waals surface area contributed by atoms with Crippen LogP contribution in [-0.4, -0.2) is 36.3 Å². The first-order valence-corrected chi connectivity index (χ1v) is 6.17. The zero-order valence-electron chi connectivity index (χ0n) is 10.5. The minimum atomic E-state index is -0.966. The van der Waals surface area contributed by atoms with Crippen LogP contribution in [0.5, 0.6) is 0 Å². The second-order valence-electron chi connectivity index (χ2n) is 4.13. The molecule has 0 aromatic heterocycles. The molecule has 0 bridgehead atoms. The third-order valence-corrected chi connectivity index (χ3v) is 2.71. The maximum absolute atomic E-state index is 11.0. The van der Waals surface area contributed by atoms with Gasteiger partial charge in [-0.15, -0.1) is 0 Å². The third-order valence-electron chi connectivity index (χ3n) is 2.71. The molecule has 0 atom stereocenters. The predicted octanol–water partition coefficient (Wildman–Crippen LogP) is 1.05. The molecular weight excluding hydrogens is 244 g/mol. The number of benzene rings is 1. The van der Waals surface area contributed by atoms with Gasteiger partial charge in [-0.05, 0) is 18.9 Å². The van der Waals surface area contributed by atoms with Crippen LogP contribution in [0.4, 0.5) is 0 Å². The van der Waals surface area contributed by atoms with Gasteiger partial charge in [-0.25, -0.2) is 10.2 Å². The molecule has 1 aromatic carbocycles. The van der Waals surface area contributed by atoms with E-state index in [1.807, 2.05) is 0 Å². The fourth-order valence-electron chi connectivity index (χ4n) is 1.73. The third kappa shape index (κ3) is 3.80. The normalized spacial score (nSPS) is 15.5. The average molecular weight is 260 g/mol. The van der Waals surface area contributed by atoms with Crippen LogP contribution in [0, 0.1) is 0 Å². The minimum Gasteiger partial charge on any atom is -0.478 e. The molecule has 100 valence electrons. The lowest BCUT2D eigenvalue weighted by Gasteiger charge is -2.05. The van der Waals surface area contributed by atoms with Gasteiger partial charge in [0.05, 0.1) is 11.8 Å². The molecule has 3 N–H and O–H groups in total. The number of rotatable bonds is 3. The number of aromatic carboxylic acids is 1. The number of carboxylic acids is 1. The fourth-order valence-corrected chi connectivity index (χ4v) is 1.73. The summed E-state index contributed by atoms with van der Waals surface area (Å²) in [5, 5.41) is 16.2. The van der Waals surface area contributed by atoms with Gasteiger partial charge in [-0.3, -0.25) is 4.99 Å². The number of nitrogens with zero attached hydrogens (tertiary/aromatic N) is 2. The van der Waals surface area contributed by atoms with Crippen molar-refractivity contribution in [1.82, 2.24) is 10.7 Å². The maximum Gasteiger partial charge on any atom is 0.336 e. The molecule has 0 spiro atoms. The van der Waals surface area contributed by atoms with Crippen LogP contribution in [-0.2, 0) is 0 Å². The Kier molecular flexibility index (Phi) is 4.49. The van der Waals surface area contributed by atoms with E-state index in [0.29, 0.717) is 11.5 Å². The van der Waals surface area contributed by atoms with Gasteiger partial charge in [0.2, 0.25) is 5.96 Å². The van der Waals surface area contributed by atoms with Gasteiger partial charge in [0, 0.05) is 18.7 Å². The van der Waals surface area contributed by atoms with Crippen molar-refractivity contribution in [2.24, 2.45) is 10.1 Å². The van der Waals surface area contributed by atoms with Gasteiger partial charge in [-0.2, -0.15) is 5.10 Å². The zero-order chi connectivity index (χ0) is 13.5. The quantitative estimate of drug-likeness (QED) is 0.560. The van der Waals surface area contributed by atoms with Crippen LogP contribution < -0.4 is 10.7 Å². The largest absolute Gasteiger partial charge is 0.478 e. The average Bonchev–Trinajstić information content (AvgIpc) is 2.68. The number of hydrogen-bond acceptors (Lipinski definition) is 5. The van der Waals surface area contributed by atoms with Crippen molar-refractivity contribution in [2.45, 2.75) is 12.8 Å². The molecule has 0 radical (unpaired) electrons. The summed E-state index contributed by atoms with van der Waals surface area (Å²) >= 11 is 0. The highest BCUT2D eigenvalue weighted by Crippen LogP contribution is 2.05. The van der Waals surface area contributed by atoms with Crippen molar-refractivity contribution in [1.29, 1.82) is 0 Å². The Morgan fingerprint density at radius 2 is 2.26 bits per heavy atom. The van der Waals surface area contributed by atoms with E-state index < -0.39 is 5.97 Å². The molecule has 1 heterocycles. The molecule has 1 aliphatic rings. The van der Waals surface area contributed by atoms with Crippen molar-refractivity contribution in [3.63, 3.8) is 0 Å². The molecular formula is C13H16N4O2. The highest BCUT2D eigenvalue weighted by molar-refractivity contribution is 5.98. The van der Waals surface area contributed by atoms with Crippen LogP contribution >= 0.6 is 0 Å². The highest BCUT2D eigenvalue weighted by Gasteiger charge is 2.06. The summed E-state index contributed by atoms with van der Waals surface area (Å²) in [7, 11) is 0. The first-order valence-electron chi connectivity index (χ1n) is 6.17. The van der Waals surface area contributed by atoms with Gasteiger partial charge in [0.1, 0.15) is 0 Å². The minimum absolute atomic E-state index is 0.226. The van der Waals surface area contributed by atoms with Gasteiger partial charge in [0.25, 0.3) is 0 Å². The van der Waals surface area contributed by atoms with E-state index in [0.717, 1.165) is 25.9 Å². The summed E-state index contributed by atoms with van der Waals surface area (Å²) in [5.74, 6) is -0.339. The lowest BCUT2D eigenvalue weighted by atomic mass is 10.1. The number of carboxylic acid groups (broad SMARTS) is 1. The Bertz CT molecular complexity index is 511. The van der Waals surface area contributed by atoms with Gasteiger partial charge >= 0.3 is 5.97 Å². The number of hydrazone groups is 1. The molecule has 6 nitrogen and oxygen atoms in total. The Morgan fingerprint density at radius 3 is 3.11 bits per heavy atom. The Morgan fingerprint density at radius 1 is 1.42 bits per heavy atom. The molecule has 6 heteroatoms. The summed E-state index contributed by atoms with van der Waals surface area (Å²) in [6.45, 7) is 1.64. The van der Waals surface area contributed by atoms with E-state index in [-0.39, 0.29) is 5.56 Å². The van der Waals surface area contributed by atoms with Crippen LogP contribution in [0.3, 0.4) is 0 Å². The number of guanidine groups is 1. The van der Waals surface area contributed by atoms with Crippen LogP contribution in [0.25, 0.3) is 0 Å². The maximum atomic E-state index is 11.0. The summed E-state index contributed by atoms with van der Waals surface area (Å²) in [6, 6.07) is 6.71. The Hall–Kier alpha value is -2.37. The summed E-state index contributed by atoms with van der Waals surface area (Å²) in [5.41, 5.74) is 3.57. The zero-order valence-corrected chi connectivity index (χ0v) is 10.5. The van der Waals surface area contributed by atoms with Crippen LogP contribution in [0.2, 0.25) is 0 Å². The molecule has 0 amide bonds. The van der Waals surface area contributed by atoms with E-state index in [9.17, 15) is 4.79 Å². The number of carbonyl (C=O) groups is 1. The van der Waals surface area contributed by atoms with Gasteiger partial charge in [0.15, 0.2) is 0 Å². The molecule has 19 heavy (non-hydrogen) atoms. The number of aliphatic imine (C=N–C) groups is 1. The van der Waals surface area contributed by atoms with E-state index >= 15 is 0 Å². The summed E-state index contributed by atoms with van der Waals surface area (Å²) < 4.78 is 0. The number of hydrogen-bond donors (Lipinski definition) is 3. The van der Waals surface area contributed by atoms with Gasteiger partial charge < -0.3 is 10.4 Å². The molecule has 0 aliphatic carbocycles. The van der Waals surface area contributed by atoms with E-state index in [2.05, 4.69) is 20.8 Å². The molecule has 0 saturated heterocycles. The monoisotopic (exact) mass is 260 g/mol. The summed E-state index contributed by atoms with van der Waals surface area (Å²) in [4.78, 5) is 15.3. The van der Waals surface area contributed by atoms with E-state index in [1.54, 1.807) is 24.3 Å². The van der Waals surface area contributed by atoms with E-state index in [4.69, 9.17) is 5.11 Å². The predicted molar refractivity (Wildman–Crippen MR) is 73.7 cm³/mol.